The third-order valence-corrected chi connectivity index (χ3v) is 5.11. The zero-order chi connectivity index (χ0) is 15.5. The van der Waals surface area contributed by atoms with E-state index in [9.17, 15) is 4.79 Å². The normalized spacial score (nSPS) is 20.8. The molecule has 4 nitrogen and oxygen atoms in total. The molecule has 1 saturated heterocycles. The quantitative estimate of drug-likeness (QED) is 0.839. The van der Waals surface area contributed by atoms with Gasteiger partial charge in [0.2, 0.25) is 0 Å². The van der Waals surface area contributed by atoms with Crippen LogP contribution < -0.4 is 10.1 Å². The molecule has 3 rings (SSSR count). The smallest absolute Gasteiger partial charge is 0.321 e. The van der Waals surface area contributed by atoms with Gasteiger partial charge in [0.05, 0.1) is 5.37 Å². The lowest BCUT2D eigenvalue weighted by Crippen LogP contribution is -2.33. The molecule has 2 aromatic rings. The molecule has 1 aliphatic heterocycles. The number of rotatable bonds is 4. The highest BCUT2D eigenvalue weighted by Crippen LogP contribution is 2.34. The van der Waals surface area contributed by atoms with Gasteiger partial charge in [0.25, 0.3) is 0 Å². The summed E-state index contributed by atoms with van der Waals surface area (Å²) in [5.41, 5.74) is 1.05. The number of aliphatic carboxylic acids is 1. The Labute approximate surface area is 141 Å². The van der Waals surface area contributed by atoms with E-state index in [2.05, 4.69) is 21.2 Å². The standard InChI is InChI=1S/C16H14BrNO3S/c17-11-3-7-13(8-4-11)21-12-5-1-10(2-6-12)15-18-14(9-22-15)16(19)20/h1-8,14-15,18H,9H2,(H,19,20). The van der Waals surface area contributed by atoms with Gasteiger partial charge in [0, 0.05) is 10.2 Å². The van der Waals surface area contributed by atoms with Crippen LogP contribution in [0.3, 0.4) is 0 Å². The van der Waals surface area contributed by atoms with Gasteiger partial charge in [-0.15, -0.1) is 11.8 Å². The molecule has 2 atom stereocenters. The Kier molecular flexibility index (Phi) is 4.71. The van der Waals surface area contributed by atoms with Gasteiger partial charge in [-0.3, -0.25) is 10.1 Å². The molecule has 1 fully saturated rings. The van der Waals surface area contributed by atoms with Gasteiger partial charge in [-0.25, -0.2) is 0 Å². The predicted octanol–water partition coefficient (Wildman–Crippen LogP) is 4.03. The molecule has 0 radical (unpaired) electrons. The third-order valence-electron chi connectivity index (χ3n) is 3.31. The van der Waals surface area contributed by atoms with Crippen molar-refractivity contribution >= 4 is 33.7 Å². The largest absolute Gasteiger partial charge is 0.480 e. The molecule has 22 heavy (non-hydrogen) atoms. The van der Waals surface area contributed by atoms with E-state index in [1.165, 1.54) is 0 Å². The van der Waals surface area contributed by atoms with Gasteiger partial charge < -0.3 is 9.84 Å². The molecule has 2 N–H and O–H groups in total. The Balaban J connectivity index is 1.65. The summed E-state index contributed by atoms with van der Waals surface area (Å²) in [6.45, 7) is 0. The molecule has 0 spiro atoms. The summed E-state index contributed by atoms with van der Waals surface area (Å²) in [6, 6.07) is 14.9. The van der Waals surface area contributed by atoms with Gasteiger partial charge in [-0.1, -0.05) is 28.1 Å². The van der Waals surface area contributed by atoms with E-state index in [-0.39, 0.29) is 5.37 Å². The summed E-state index contributed by atoms with van der Waals surface area (Å²) in [7, 11) is 0. The van der Waals surface area contributed by atoms with E-state index in [1.807, 2.05) is 48.5 Å². The number of carboxylic acid groups (broad SMARTS) is 1. The molecular formula is C16H14BrNO3S. The maximum absolute atomic E-state index is 11.0. The van der Waals surface area contributed by atoms with Crippen molar-refractivity contribution in [3.8, 4) is 11.5 Å². The van der Waals surface area contributed by atoms with Crippen LogP contribution in [-0.4, -0.2) is 22.9 Å². The Hall–Kier alpha value is -1.50. The minimum atomic E-state index is -0.801. The highest BCUT2D eigenvalue weighted by Gasteiger charge is 2.30. The second-order valence-electron chi connectivity index (χ2n) is 4.90. The lowest BCUT2D eigenvalue weighted by atomic mass is 10.2. The fraction of sp³-hybridized carbons (Fsp3) is 0.188. The lowest BCUT2D eigenvalue weighted by molar-refractivity contribution is -0.138. The van der Waals surface area contributed by atoms with Crippen LogP contribution in [0, 0.1) is 0 Å². The molecule has 1 aliphatic rings. The van der Waals surface area contributed by atoms with E-state index in [0.717, 1.165) is 21.5 Å². The minimum Gasteiger partial charge on any atom is -0.480 e. The van der Waals surface area contributed by atoms with E-state index in [4.69, 9.17) is 9.84 Å². The number of hydrogen-bond acceptors (Lipinski definition) is 4. The topological polar surface area (TPSA) is 58.6 Å². The number of nitrogens with one attached hydrogen (secondary N) is 1. The summed E-state index contributed by atoms with van der Waals surface area (Å²) < 4.78 is 6.78. The second kappa shape index (κ2) is 6.73. The predicted molar refractivity (Wildman–Crippen MR) is 90.4 cm³/mol. The molecule has 0 bridgehead atoms. The number of carboxylic acids is 1. The van der Waals surface area contributed by atoms with Crippen LogP contribution in [0.1, 0.15) is 10.9 Å². The second-order valence-corrected chi connectivity index (χ2v) is 6.95. The average Bonchev–Trinajstić information content (AvgIpc) is 3.00. The monoisotopic (exact) mass is 379 g/mol. The highest BCUT2D eigenvalue weighted by atomic mass is 79.9. The number of halogens is 1. The summed E-state index contributed by atoms with van der Waals surface area (Å²) in [5, 5.41) is 12.1. The zero-order valence-electron chi connectivity index (χ0n) is 11.5. The van der Waals surface area contributed by atoms with Crippen LogP contribution in [0.4, 0.5) is 0 Å². The first kappa shape index (κ1) is 15.4. The van der Waals surface area contributed by atoms with Crippen molar-refractivity contribution in [3.05, 3.63) is 58.6 Å². The summed E-state index contributed by atoms with van der Waals surface area (Å²) in [4.78, 5) is 11.0. The minimum absolute atomic E-state index is 0.0165. The van der Waals surface area contributed by atoms with Gasteiger partial charge in [0.15, 0.2) is 0 Å². The molecule has 0 aromatic heterocycles. The molecule has 114 valence electrons. The van der Waals surface area contributed by atoms with Gasteiger partial charge in [-0.2, -0.15) is 0 Å². The molecule has 0 aliphatic carbocycles. The molecule has 2 aromatic carbocycles. The lowest BCUT2D eigenvalue weighted by Gasteiger charge is -2.12. The summed E-state index contributed by atoms with van der Waals surface area (Å²) >= 11 is 4.99. The molecule has 1 heterocycles. The fourth-order valence-electron chi connectivity index (χ4n) is 2.16. The van der Waals surface area contributed by atoms with Gasteiger partial charge >= 0.3 is 5.97 Å². The van der Waals surface area contributed by atoms with Crippen molar-refractivity contribution in [2.24, 2.45) is 0 Å². The first-order chi connectivity index (χ1) is 10.6. The molecule has 0 amide bonds. The van der Waals surface area contributed by atoms with Crippen LogP contribution in [-0.2, 0) is 4.79 Å². The molecular weight excluding hydrogens is 366 g/mol. The van der Waals surface area contributed by atoms with Crippen LogP contribution in [0.25, 0.3) is 0 Å². The number of ether oxygens (including phenoxy) is 1. The molecule has 0 saturated carbocycles. The van der Waals surface area contributed by atoms with Crippen molar-refractivity contribution in [1.29, 1.82) is 0 Å². The average molecular weight is 380 g/mol. The Morgan fingerprint density at radius 3 is 2.27 bits per heavy atom. The maximum Gasteiger partial charge on any atom is 0.321 e. The van der Waals surface area contributed by atoms with Crippen molar-refractivity contribution in [2.75, 3.05) is 5.75 Å². The van der Waals surface area contributed by atoms with Crippen LogP contribution in [0.15, 0.2) is 53.0 Å². The zero-order valence-corrected chi connectivity index (χ0v) is 13.9. The van der Waals surface area contributed by atoms with Crippen LogP contribution in [0.2, 0.25) is 0 Å². The van der Waals surface area contributed by atoms with Gasteiger partial charge in [-0.05, 0) is 42.0 Å². The summed E-state index contributed by atoms with van der Waals surface area (Å²) in [6.07, 6.45) is 0. The van der Waals surface area contributed by atoms with E-state index < -0.39 is 12.0 Å². The van der Waals surface area contributed by atoms with Crippen molar-refractivity contribution in [2.45, 2.75) is 11.4 Å². The summed E-state index contributed by atoms with van der Waals surface area (Å²) in [5.74, 6) is 1.31. The van der Waals surface area contributed by atoms with Gasteiger partial charge in [0.1, 0.15) is 17.5 Å². The Bertz CT molecular complexity index is 660. The Morgan fingerprint density at radius 1 is 1.14 bits per heavy atom. The SMILES string of the molecule is O=C(O)C1CSC(c2ccc(Oc3ccc(Br)cc3)cc2)N1. The Morgan fingerprint density at radius 2 is 1.73 bits per heavy atom. The van der Waals surface area contributed by atoms with Crippen molar-refractivity contribution in [3.63, 3.8) is 0 Å². The maximum atomic E-state index is 11.0. The van der Waals surface area contributed by atoms with Crippen LogP contribution >= 0.6 is 27.7 Å². The third kappa shape index (κ3) is 3.63. The number of thioether (sulfide) groups is 1. The molecule has 2 unspecified atom stereocenters. The van der Waals surface area contributed by atoms with E-state index >= 15 is 0 Å². The first-order valence-electron chi connectivity index (χ1n) is 6.76. The van der Waals surface area contributed by atoms with Crippen molar-refractivity contribution < 1.29 is 14.6 Å². The van der Waals surface area contributed by atoms with Crippen LogP contribution in [0.5, 0.6) is 11.5 Å². The highest BCUT2D eigenvalue weighted by molar-refractivity contribution is 9.10. The van der Waals surface area contributed by atoms with Crippen molar-refractivity contribution in [1.82, 2.24) is 5.32 Å². The molecule has 6 heteroatoms. The number of benzene rings is 2. The van der Waals surface area contributed by atoms with E-state index in [0.29, 0.717) is 5.75 Å². The number of hydrogen-bond donors (Lipinski definition) is 2. The van der Waals surface area contributed by atoms with E-state index in [1.54, 1.807) is 11.8 Å². The number of carbonyl (C=O) groups is 1. The fourth-order valence-corrected chi connectivity index (χ4v) is 3.65. The first-order valence-corrected chi connectivity index (χ1v) is 8.60.